The molecule has 0 amide bonds. The van der Waals surface area contributed by atoms with Crippen LogP contribution in [0.5, 0.6) is 0 Å². The molecule has 13 heavy (non-hydrogen) atoms. The molecule has 0 fully saturated rings. The second kappa shape index (κ2) is 9.29. The summed E-state index contributed by atoms with van der Waals surface area (Å²) in [6, 6.07) is 0. The molecule has 0 saturated heterocycles. The molecule has 0 aromatic heterocycles. The molecule has 0 bridgehead atoms. The molecule has 0 aliphatic rings. The van der Waals surface area contributed by atoms with E-state index in [9.17, 15) is 0 Å². The van der Waals surface area contributed by atoms with E-state index in [1.165, 1.54) is 19.3 Å². The third kappa shape index (κ3) is 5.92. The van der Waals surface area contributed by atoms with E-state index in [0.29, 0.717) is 5.92 Å². The Bertz CT molecular complexity index is 107. The van der Waals surface area contributed by atoms with Gasteiger partial charge in [0, 0.05) is 5.88 Å². The minimum Gasteiger partial charge on any atom is -0.308 e. The number of hydrogen-bond donors (Lipinski definition) is 0. The fourth-order valence-corrected chi connectivity index (χ4v) is 2.43. The Kier molecular flexibility index (Phi) is 9.81. The Morgan fingerprint density at radius 2 is 1.85 bits per heavy atom. The van der Waals surface area contributed by atoms with Gasteiger partial charge in [-0.1, -0.05) is 26.7 Å². The number of hydrogen-bond acceptors (Lipinski definition) is 1. The largest absolute Gasteiger partial charge is 0.308 e. The SMILES string of the molecule is CCC(CC)C(CCl)CCCOBr. The molecule has 3 heteroatoms. The van der Waals surface area contributed by atoms with Crippen LogP contribution in [0.3, 0.4) is 0 Å². The van der Waals surface area contributed by atoms with Gasteiger partial charge in [-0.2, -0.15) is 0 Å². The molecule has 0 saturated carbocycles. The van der Waals surface area contributed by atoms with Crippen LogP contribution in [-0.4, -0.2) is 12.5 Å². The molecule has 80 valence electrons. The normalized spacial score (nSPS) is 13.6. The smallest absolute Gasteiger partial charge is 0.0987 e. The molecule has 0 aliphatic heterocycles. The topological polar surface area (TPSA) is 9.23 Å². The predicted molar refractivity (Wildman–Crippen MR) is 62.4 cm³/mol. The summed E-state index contributed by atoms with van der Waals surface area (Å²) in [6.07, 6.45) is 4.76. The summed E-state index contributed by atoms with van der Waals surface area (Å²) < 4.78 is 4.85. The van der Waals surface area contributed by atoms with Crippen molar-refractivity contribution in [2.75, 3.05) is 12.5 Å². The van der Waals surface area contributed by atoms with E-state index < -0.39 is 0 Å². The van der Waals surface area contributed by atoms with Crippen molar-refractivity contribution in [3.63, 3.8) is 0 Å². The summed E-state index contributed by atoms with van der Waals surface area (Å²) >= 11 is 8.91. The summed E-state index contributed by atoms with van der Waals surface area (Å²) in [7, 11) is 0. The van der Waals surface area contributed by atoms with Gasteiger partial charge in [0.1, 0.15) is 0 Å². The fraction of sp³-hybridized carbons (Fsp3) is 1.00. The van der Waals surface area contributed by atoms with Gasteiger partial charge in [-0.05, 0) is 24.7 Å². The van der Waals surface area contributed by atoms with Crippen LogP contribution in [-0.2, 0) is 3.83 Å². The van der Waals surface area contributed by atoms with E-state index in [4.69, 9.17) is 15.4 Å². The van der Waals surface area contributed by atoms with Gasteiger partial charge >= 0.3 is 0 Å². The van der Waals surface area contributed by atoms with Gasteiger partial charge in [0.05, 0.1) is 22.9 Å². The maximum Gasteiger partial charge on any atom is 0.0987 e. The van der Waals surface area contributed by atoms with Crippen molar-refractivity contribution in [2.45, 2.75) is 39.5 Å². The first-order valence-electron chi connectivity index (χ1n) is 5.09. The monoisotopic (exact) mass is 270 g/mol. The van der Waals surface area contributed by atoms with Crippen molar-refractivity contribution >= 4 is 27.9 Å². The van der Waals surface area contributed by atoms with Crippen molar-refractivity contribution in [2.24, 2.45) is 11.8 Å². The number of rotatable bonds is 8. The average molecular weight is 272 g/mol. The van der Waals surface area contributed by atoms with Crippen molar-refractivity contribution < 1.29 is 3.83 Å². The lowest BCUT2D eigenvalue weighted by Gasteiger charge is -2.22. The highest BCUT2D eigenvalue weighted by Gasteiger charge is 2.16. The highest BCUT2D eigenvalue weighted by atomic mass is 79.9. The minimum absolute atomic E-state index is 0.666. The molecule has 0 spiro atoms. The van der Waals surface area contributed by atoms with Crippen molar-refractivity contribution in [3.05, 3.63) is 0 Å². The molecule has 1 nitrogen and oxygen atoms in total. The fourth-order valence-electron chi connectivity index (χ4n) is 1.79. The molecule has 0 aliphatic carbocycles. The van der Waals surface area contributed by atoms with Gasteiger partial charge < -0.3 is 3.83 Å². The minimum atomic E-state index is 0.666. The lowest BCUT2D eigenvalue weighted by molar-refractivity contribution is 0.289. The van der Waals surface area contributed by atoms with Crippen LogP contribution in [0.15, 0.2) is 0 Å². The highest BCUT2D eigenvalue weighted by molar-refractivity contribution is 9.06. The maximum atomic E-state index is 5.95. The standard InChI is InChI=1S/C10H20BrClO/c1-3-9(4-2)10(8-12)6-5-7-13-11/h9-10H,3-8H2,1-2H3. The van der Waals surface area contributed by atoms with Gasteiger partial charge in [-0.3, -0.25) is 0 Å². The first kappa shape index (κ1) is 13.7. The average Bonchev–Trinajstić information content (AvgIpc) is 2.17. The zero-order valence-corrected chi connectivity index (χ0v) is 10.9. The van der Waals surface area contributed by atoms with E-state index in [1.807, 2.05) is 0 Å². The van der Waals surface area contributed by atoms with Crippen LogP contribution in [0.25, 0.3) is 0 Å². The van der Waals surface area contributed by atoms with Gasteiger partial charge in [-0.15, -0.1) is 11.6 Å². The Hall–Kier alpha value is 0.730. The summed E-state index contributed by atoms with van der Waals surface area (Å²) in [4.78, 5) is 0. The Labute approximate surface area is 95.6 Å². The van der Waals surface area contributed by atoms with Gasteiger partial charge in [0.15, 0.2) is 0 Å². The van der Waals surface area contributed by atoms with E-state index in [0.717, 1.165) is 24.8 Å². The van der Waals surface area contributed by atoms with E-state index >= 15 is 0 Å². The number of halogens is 2. The molecule has 0 rings (SSSR count). The number of alkyl halides is 1. The van der Waals surface area contributed by atoms with Gasteiger partial charge in [-0.25, -0.2) is 0 Å². The molecular weight excluding hydrogens is 251 g/mol. The van der Waals surface area contributed by atoms with Gasteiger partial charge in [0.25, 0.3) is 0 Å². The van der Waals surface area contributed by atoms with Crippen LogP contribution < -0.4 is 0 Å². The predicted octanol–water partition coefficient (Wildman–Crippen LogP) is 4.38. The zero-order valence-electron chi connectivity index (χ0n) is 8.56. The van der Waals surface area contributed by atoms with Crippen molar-refractivity contribution in [1.29, 1.82) is 0 Å². The lowest BCUT2D eigenvalue weighted by atomic mass is 9.86. The molecular formula is C10H20BrClO. The highest BCUT2D eigenvalue weighted by Crippen LogP contribution is 2.25. The van der Waals surface area contributed by atoms with Crippen LogP contribution in [0.2, 0.25) is 0 Å². The third-order valence-electron chi connectivity index (χ3n) is 2.71. The zero-order chi connectivity index (χ0) is 10.1. The molecule has 1 atom stereocenters. The molecule has 0 radical (unpaired) electrons. The molecule has 1 unspecified atom stereocenters. The van der Waals surface area contributed by atoms with Gasteiger partial charge in [0.2, 0.25) is 0 Å². The van der Waals surface area contributed by atoms with Crippen molar-refractivity contribution in [3.8, 4) is 0 Å². The molecule has 0 heterocycles. The van der Waals surface area contributed by atoms with Crippen LogP contribution in [0.4, 0.5) is 0 Å². The Balaban J connectivity index is 3.71. The van der Waals surface area contributed by atoms with E-state index in [-0.39, 0.29) is 0 Å². The molecule has 0 aromatic carbocycles. The second-order valence-corrected chi connectivity index (χ2v) is 4.21. The van der Waals surface area contributed by atoms with E-state index in [2.05, 4.69) is 30.1 Å². The quantitative estimate of drug-likeness (QED) is 0.470. The van der Waals surface area contributed by atoms with E-state index in [1.54, 1.807) is 0 Å². The summed E-state index contributed by atoms with van der Waals surface area (Å²) in [5, 5.41) is 0. The van der Waals surface area contributed by atoms with Crippen molar-refractivity contribution in [1.82, 2.24) is 0 Å². The van der Waals surface area contributed by atoms with Crippen LogP contribution in [0.1, 0.15) is 39.5 Å². The summed E-state index contributed by atoms with van der Waals surface area (Å²) in [5.74, 6) is 2.24. The second-order valence-electron chi connectivity index (χ2n) is 3.45. The summed E-state index contributed by atoms with van der Waals surface area (Å²) in [6.45, 7) is 5.27. The lowest BCUT2D eigenvalue weighted by Crippen LogP contribution is -2.15. The molecule has 0 N–H and O–H groups in total. The summed E-state index contributed by atoms with van der Waals surface area (Å²) in [5.41, 5.74) is 0. The first-order chi connectivity index (χ1) is 6.29. The molecule has 0 aromatic rings. The third-order valence-corrected chi connectivity index (χ3v) is 3.43. The Morgan fingerprint density at radius 1 is 1.23 bits per heavy atom. The van der Waals surface area contributed by atoms with Crippen LogP contribution >= 0.6 is 27.9 Å². The maximum absolute atomic E-state index is 5.95. The Morgan fingerprint density at radius 3 is 2.23 bits per heavy atom. The van der Waals surface area contributed by atoms with Crippen LogP contribution in [0, 0.1) is 11.8 Å². The first-order valence-corrected chi connectivity index (χ1v) is 6.27.